The topological polar surface area (TPSA) is 79.0 Å². The Bertz CT molecular complexity index is 772. The van der Waals surface area contributed by atoms with Crippen LogP contribution in [0.2, 0.25) is 0 Å². The molecule has 6 heteroatoms. The van der Waals surface area contributed by atoms with Gasteiger partial charge in [0.2, 0.25) is 0 Å². The number of fused-ring (bicyclic) bond motifs is 2. The number of aryl methyl sites for hydroxylation is 2. The molecule has 2 aliphatic rings. The first kappa shape index (κ1) is 16.0. The average molecular weight is 340 g/mol. The molecule has 0 saturated heterocycles. The van der Waals surface area contributed by atoms with E-state index in [2.05, 4.69) is 26.9 Å². The highest BCUT2D eigenvalue weighted by molar-refractivity contribution is 5.75. The Morgan fingerprint density at radius 2 is 2.32 bits per heavy atom. The molecule has 2 amide bonds. The van der Waals surface area contributed by atoms with Crippen LogP contribution in [0.4, 0.5) is 4.79 Å². The van der Waals surface area contributed by atoms with Gasteiger partial charge in [0.1, 0.15) is 5.75 Å². The van der Waals surface area contributed by atoms with Gasteiger partial charge in [-0.3, -0.25) is 5.10 Å². The normalized spacial score (nSPS) is 23.6. The van der Waals surface area contributed by atoms with Crippen LogP contribution in [0, 0.1) is 6.92 Å². The van der Waals surface area contributed by atoms with Crippen LogP contribution in [-0.2, 0) is 11.8 Å². The first-order chi connectivity index (χ1) is 12.2. The quantitative estimate of drug-likeness (QED) is 0.732. The lowest BCUT2D eigenvalue weighted by atomic mass is 9.89. The number of hydrogen-bond donors (Lipinski definition) is 3. The summed E-state index contributed by atoms with van der Waals surface area (Å²) in [5, 5.41) is 13.1. The number of benzene rings is 1. The van der Waals surface area contributed by atoms with E-state index in [1.807, 2.05) is 31.3 Å². The first-order valence-corrected chi connectivity index (χ1v) is 8.94. The fraction of sp³-hybridized carbons (Fsp3) is 0.474. The predicted octanol–water partition coefficient (Wildman–Crippen LogP) is 2.44. The monoisotopic (exact) mass is 340 g/mol. The highest BCUT2D eigenvalue weighted by Gasteiger charge is 2.58. The number of carbonyl (C=O) groups excluding carboxylic acids is 1. The zero-order valence-corrected chi connectivity index (χ0v) is 14.5. The van der Waals surface area contributed by atoms with Crippen LogP contribution in [0.3, 0.4) is 0 Å². The summed E-state index contributed by atoms with van der Waals surface area (Å²) < 4.78 is 5.74. The van der Waals surface area contributed by atoms with Gasteiger partial charge in [0, 0.05) is 29.3 Å². The molecule has 0 unspecified atom stereocenters. The third-order valence-corrected chi connectivity index (χ3v) is 5.45. The number of urea groups is 1. The fourth-order valence-electron chi connectivity index (χ4n) is 3.87. The van der Waals surface area contributed by atoms with Crippen molar-refractivity contribution in [2.75, 3.05) is 13.2 Å². The van der Waals surface area contributed by atoms with Crippen molar-refractivity contribution in [3.8, 4) is 5.75 Å². The summed E-state index contributed by atoms with van der Waals surface area (Å²) in [6.07, 6.45) is 5.64. The van der Waals surface area contributed by atoms with E-state index in [1.165, 1.54) is 11.1 Å². The molecule has 2 heterocycles. The number of nitrogens with zero attached hydrogens (tertiary/aromatic N) is 1. The van der Waals surface area contributed by atoms with Gasteiger partial charge in [0.05, 0.1) is 12.8 Å². The van der Waals surface area contributed by atoms with Crippen molar-refractivity contribution < 1.29 is 9.53 Å². The molecule has 1 aliphatic heterocycles. The lowest BCUT2D eigenvalue weighted by molar-refractivity contribution is 0.234. The molecule has 6 nitrogen and oxygen atoms in total. The van der Waals surface area contributed by atoms with Gasteiger partial charge < -0.3 is 15.4 Å². The maximum atomic E-state index is 12.2. The summed E-state index contributed by atoms with van der Waals surface area (Å²) >= 11 is 0. The second-order valence-corrected chi connectivity index (χ2v) is 7.03. The number of carbonyl (C=O) groups is 1. The van der Waals surface area contributed by atoms with Crippen LogP contribution in [-0.4, -0.2) is 35.4 Å². The van der Waals surface area contributed by atoms with Gasteiger partial charge in [-0.2, -0.15) is 5.10 Å². The molecule has 0 radical (unpaired) electrons. The Morgan fingerprint density at radius 3 is 3.16 bits per heavy atom. The number of H-pyrrole nitrogens is 1. The number of nitrogens with one attached hydrogen (secondary N) is 3. The molecular weight excluding hydrogens is 316 g/mol. The second kappa shape index (κ2) is 6.43. The van der Waals surface area contributed by atoms with Crippen molar-refractivity contribution in [2.24, 2.45) is 0 Å². The molecule has 4 rings (SSSR count). The Hall–Kier alpha value is -2.50. The van der Waals surface area contributed by atoms with Crippen LogP contribution in [0.15, 0.2) is 30.5 Å². The SMILES string of the molecule is Cc1[nH]ncc1CCCNC(=O)N[C@@H]1C[C@]12CCOc1ccccc12. The van der Waals surface area contributed by atoms with E-state index in [4.69, 9.17) is 4.74 Å². The molecule has 1 saturated carbocycles. The standard InChI is InChI=1S/C19H24N4O2/c1-13-14(12-21-23-13)5-4-9-20-18(24)22-17-11-19(17)8-10-25-16-7-3-2-6-15(16)19/h2-3,6-7,12,17H,4-5,8-11H2,1H3,(H,21,23)(H2,20,22,24)/t17-,19+/m1/s1. The lowest BCUT2D eigenvalue weighted by Crippen LogP contribution is -2.40. The van der Waals surface area contributed by atoms with Crippen LogP contribution >= 0.6 is 0 Å². The Morgan fingerprint density at radius 1 is 1.44 bits per heavy atom. The maximum absolute atomic E-state index is 12.2. The van der Waals surface area contributed by atoms with Crippen LogP contribution in [0.5, 0.6) is 5.75 Å². The Labute approximate surface area is 147 Å². The third kappa shape index (κ3) is 3.08. The molecule has 2 aromatic rings. The zero-order chi connectivity index (χ0) is 17.3. The van der Waals surface area contributed by atoms with E-state index < -0.39 is 0 Å². The van der Waals surface area contributed by atoms with E-state index >= 15 is 0 Å². The molecule has 2 atom stereocenters. The number of aromatic amines is 1. The summed E-state index contributed by atoms with van der Waals surface area (Å²) in [6.45, 7) is 3.40. The fourth-order valence-corrected chi connectivity index (χ4v) is 3.87. The van der Waals surface area contributed by atoms with Crippen LogP contribution in [0.25, 0.3) is 0 Å². The van der Waals surface area contributed by atoms with Crippen molar-refractivity contribution in [1.29, 1.82) is 0 Å². The molecule has 1 aromatic carbocycles. The minimum Gasteiger partial charge on any atom is -0.493 e. The Balaban J connectivity index is 1.25. The predicted molar refractivity (Wildman–Crippen MR) is 94.8 cm³/mol. The van der Waals surface area contributed by atoms with E-state index in [0.717, 1.165) is 43.7 Å². The van der Waals surface area contributed by atoms with Gasteiger partial charge in [0.25, 0.3) is 0 Å². The maximum Gasteiger partial charge on any atom is 0.315 e. The van der Waals surface area contributed by atoms with Gasteiger partial charge in [-0.15, -0.1) is 0 Å². The number of amides is 2. The minimum absolute atomic E-state index is 0.0695. The van der Waals surface area contributed by atoms with E-state index in [-0.39, 0.29) is 17.5 Å². The van der Waals surface area contributed by atoms with Crippen LogP contribution < -0.4 is 15.4 Å². The molecule has 132 valence electrons. The van der Waals surface area contributed by atoms with Crippen molar-refractivity contribution >= 4 is 6.03 Å². The van der Waals surface area contributed by atoms with Crippen molar-refractivity contribution in [1.82, 2.24) is 20.8 Å². The van der Waals surface area contributed by atoms with Gasteiger partial charge in [-0.25, -0.2) is 4.79 Å². The number of para-hydroxylation sites is 1. The summed E-state index contributed by atoms with van der Waals surface area (Å²) in [6, 6.07) is 8.31. The Kier molecular flexibility index (Phi) is 4.11. The number of aromatic nitrogens is 2. The zero-order valence-electron chi connectivity index (χ0n) is 14.5. The number of hydrogen-bond acceptors (Lipinski definition) is 3. The average Bonchev–Trinajstić information content (AvgIpc) is 3.11. The molecule has 1 aromatic heterocycles. The highest BCUT2D eigenvalue weighted by atomic mass is 16.5. The molecule has 25 heavy (non-hydrogen) atoms. The van der Waals surface area contributed by atoms with Gasteiger partial charge in [-0.05, 0) is 44.2 Å². The van der Waals surface area contributed by atoms with Crippen molar-refractivity contribution in [2.45, 2.75) is 44.1 Å². The minimum atomic E-state index is -0.0743. The first-order valence-electron chi connectivity index (χ1n) is 8.94. The number of ether oxygens (including phenoxy) is 1. The summed E-state index contributed by atoms with van der Waals surface area (Å²) in [5.41, 5.74) is 3.62. The van der Waals surface area contributed by atoms with Crippen molar-refractivity contribution in [3.63, 3.8) is 0 Å². The van der Waals surface area contributed by atoms with E-state index in [0.29, 0.717) is 6.54 Å². The van der Waals surface area contributed by atoms with Crippen molar-refractivity contribution in [3.05, 3.63) is 47.3 Å². The van der Waals surface area contributed by atoms with E-state index in [1.54, 1.807) is 0 Å². The molecule has 1 fully saturated rings. The summed E-state index contributed by atoms with van der Waals surface area (Å²) in [7, 11) is 0. The molecule has 1 aliphatic carbocycles. The molecule has 1 spiro atoms. The second-order valence-electron chi connectivity index (χ2n) is 7.03. The summed E-state index contributed by atoms with van der Waals surface area (Å²) in [5.74, 6) is 0.967. The van der Waals surface area contributed by atoms with E-state index in [9.17, 15) is 4.79 Å². The molecule has 3 N–H and O–H groups in total. The third-order valence-electron chi connectivity index (χ3n) is 5.45. The smallest absolute Gasteiger partial charge is 0.315 e. The van der Waals surface area contributed by atoms with Gasteiger partial charge in [-0.1, -0.05) is 18.2 Å². The summed E-state index contributed by atoms with van der Waals surface area (Å²) in [4.78, 5) is 12.2. The largest absolute Gasteiger partial charge is 0.493 e. The highest BCUT2D eigenvalue weighted by Crippen LogP contribution is 2.55. The molecular formula is C19H24N4O2. The van der Waals surface area contributed by atoms with Gasteiger partial charge >= 0.3 is 6.03 Å². The van der Waals surface area contributed by atoms with Gasteiger partial charge in [0.15, 0.2) is 0 Å². The lowest BCUT2D eigenvalue weighted by Gasteiger charge is -2.26. The molecule has 0 bridgehead atoms. The van der Waals surface area contributed by atoms with Crippen LogP contribution in [0.1, 0.15) is 36.1 Å². The number of rotatable bonds is 5.